The van der Waals surface area contributed by atoms with Gasteiger partial charge in [-0.2, -0.15) is 11.8 Å². The Morgan fingerprint density at radius 3 is 2.43 bits per heavy atom. The monoisotopic (exact) mass is 315 g/mol. The van der Waals surface area contributed by atoms with Crippen LogP contribution < -0.4 is 0 Å². The van der Waals surface area contributed by atoms with Gasteiger partial charge in [0, 0.05) is 13.1 Å². The molecule has 1 amide bonds. The predicted octanol–water partition coefficient (Wildman–Crippen LogP) is 1.70. The number of rotatable bonds is 6. The summed E-state index contributed by atoms with van der Waals surface area (Å²) in [4.78, 5) is 25.5. The number of nitrogens with zero attached hydrogens (tertiary/aromatic N) is 1. The second kappa shape index (κ2) is 7.01. The minimum atomic E-state index is -0.143. The molecule has 2 aliphatic rings. The summed E-state index contributed by atoms with van der Waals surface area (Å²) in [5.41, 5.74) is 0.0869. The van der Waals surface area contributed by atoms with Gasteiger partial charge in [-0.05, 0) is 37.9 Å². The average molecular weight is 315 g/mol. The highest BCUT2D eigenvalue weighted by molar-refractivity contribution is 7.99. The highest BCUT2D eigenvalue weighted by Crippen LogP contribution is 2.51. The van der Waals surface area contributed by atoms with Crippen molar-refractivity contribution >= 4 is 23.6 Å². The van der Waals surface area contributed by atoms with E-state index in [2.05, 4.69) is 0 Å². The molecule has 0 aromatic rings. The average Bonchev–Trinajstić information content (AvgIpc) is 3.17. The Morgan fingerprint density at radius 2 is 1.90 bits per heavy atom. The van der Waals surface area contributed by atoms with Crippen LogP contribution in [-0.4, -0.2) is 60.7 Å². The van der Waals surface area contributed by atoms with Crippen LogP contribution in [-0.2, 0) is 19.1 Å². The van der Waals surface area contributed by atoms with E-state index in [0.717, 1.165) is 18.6 Å². The van der Waals surface area contributed by atoms with Gasteiger partial charge in [0.05, 0.1) is 31.5 Å². The molecule has 0 aromatic heterocycles. The van der Waals surface area contributed by atoms with E-state index in [-0.39, 0.29) is 29.5 Å². The zero-order valence-electron chi connectivity index (χ0n) is 13.1. The molecular weight excluding hydrogens is 290 g/mol. The first kappa shape index (κ1) is 16.6. The Kier molecular flexibility index (Phi) is 5.54. The van der Waals surface area contributed by atoms with Gasteiger partial charge >= 0.3 is 5.97 Å². The molecule has 2 atom stereocenters. The summed E-state index contributed by atoms with van der Waals surface area (Å²) in [7, 11) is 1.43. The summed E-state index contributed by atoms with van der Waals surface area (Å²) in [6.45, 7) is 5.35. The van der Waals surface area contributed by atoms with E-state index < -0.39 is 0 Å². The van der Waals surface area contributed by atoms with Gasteiger partial charge in [0.2, 0.25) is 5.91 Å². The van der Waals surface area contributed by atoms with Gasteiger partial charge < -0.3 is 14.4 Å². The SMILES string of the molecule is COC(=O)CC1(CSCC(=O)N2CC(C)OC(C)C2)CC1. The van der Waals surface area contributed by atoms with Crippen molar-refractivity contribution in [3.05, 3.63) is 0 Å². The number of ether oxygens (including phenoxy) is 2. The number of methoxy groups -OCH3 is 1. The largest absolute Gasteiger partial charge is 0.469 e. The molecule has 1 saturated carbocycles. The topological polar surface area (TPSA) is 55.8 Å². The van der Waals surface area contributed by atoms with Crippen LogP contribution >= 0.6 is 11.8 Å². The van der Waals surface area contributed by atoms with Crippen molar-refractivity contribution in [3.8, 4) is 0 Å². The van der Waals surface area contributed by atoms with E-state index in [4.69, 9.17) is 9.47 Å². The lowest BCUT2D eigenvalue weighted by Crippen LogP contribution is -2.48. The van der Waals surface area contributed by atoms with E-state index in [1.807, 2.05) is 18.7 Å². The summed E-state index contributed by atoms with van der Waals surface area (Å²) in [5.74, 6) is 1.39. The summed E-state index contributed by atoms with van der Waals surface area (Å²) < 4.78 is 10.4. The van der Waals surface area contributed by atoms with Gasteiger partial charge in [-0.1, -0.05) is 0 Å². The smallest absolute Gasteiger partial charge is 0.306 e. The molecule has 0 N–H and O–H groups in total. The molecule has 1 saturated heterocycles. The number of esters is 1. The van der Waals surface area contributed by atoms with Gasteiger partial charge in [0.15, 0.2) is 0 Å². The van der Waals surface area contributed by atoms with E-state index in [9.17, 15) is 9.59 Å². The van der Waals surface area contributed by atoms with Crippen molar-refractivity contribution in [2.75, 3.05) is 31.7 Å². The van der Waals surface area contributed by atoms with Crippen LogP contribution in [0.2, 0.25) is 0 Å². The van der Waals surface area contributed by atoms with Crippen molar-refractivity contribution in [2.45, 2.75) is 45.3 Å². The molecular formula is C15H25NO4S. The van der Waals surface area contributed by atoms with Crippen LogP contribution in [0, 0.1) is 5.41 Å². The number of carbonyl (C=O) groups excluding carboxylic acids is 2. The third-order valence-corrected chi connectivity index (χ3v) is 5.38. The lowest BCUT2D eigenvalue weighted by molar-refractivity contribution is -0.142. The van der Waals surface area contributed by atoms with Crippen molar-refractivity contribution in [2.24, 2.45) is 5.41 Å². The fraction of sp³-hybridized carbons (Fsp3) is 0.867. The van der Waals surface area contributed by atoms with Gasteiger partial charge in [0.1, 0.15) is 0 Å². The van der Waals surface area contributed by atoms with Crippen molar-refractivity contribution in [1.29, 1.82) is 0 Å². The maximum Gasteiger partial charge on any atom is 0.306 e. The summed E-state index contributed by atoms with van der Waals surface area (Å²) in [5, 5.41) is 0. The van der Waals surface area contributed by atoms with Gasteiger partial charge in [0.25, 0.3) is 0 Å². The molecule has 0 spiro atoms. The first-order valence-electron chi connectivity index (χ1n) is 7.52. The number of thioether (sulfide) groups is 1. The third kappa shape index (κ3) is 4.88. The van der Waals surface area contributed by atoms with Crippen molar-refractivity contribution in [1.82, 2.24) is 4.90 Å². The highest BCUT2D eigenvalue weighted by atomic mass is 32.2. The van der Waals surface area contributed by atoms with E-state index >= 15 is 0 Å². The van der Waals surface area contributed by atoms with E-state index in [1.165, 1.54) is 7.11 Å². The minimum Gasteiger partial charge on any atom is -0.469 e. The molecule has 1 aliphatic carbocycles. The number of hydrogen-bond donors (Lipinski definition) is 0. The van der Waals surface area contributed by atoms with Crippen molar-refractivity contribution < 1.29 is 19.1 Å². The molecule has 0 aromatic carbocycles. The molecule has 1 heterocycles. The van der Waals surface area contributed by atoms with Gasteiger partial charge in [-0.3, -0.25) is 9.59 Å². The Labute approximate surface area is 130 Å². The van der Waals surface area contributed by atoms with Crippen molar-refractivity contribution in [3.63, 3.8) is 0 Å². The molecule has 0 radical (unpaired) electrons. The van der Waals surface area contributed by atoms with Crippen LogP contribution in [0.15, 0.2) is 0 Å². The van der Waals surface area contributed by atoms with Crippen LogP contribution in [0.1, 0.15) is 33.1 Å². The lowest BCUT2D eigenvalue weighted by Gasteiger charge is -2.35. The lowest BCUT2D eigenvalue weighted by atomic mass is 10.1. The fourth-order valence-corrected chi connectivity index (χ4v) is 4.04. The van der Waals surface area contributed by atoms with Crippen LogP contribution in [0.4, 0.5) is 0 Å². The normalized spacial score (nSPS) is 27.3. The Bertz CT molecular complexity index is 387. The molecule has 0 bridgehead atoms. The molecule has 6 heteroatoms. The van der Waals surface area contributed by atoms with E-state index in [1.54, 1.807) is 11.8 Å². The van der Waals surface area contributed by atoms with Gasteiger partial charge in [-0.25, -0.2) is 0 Å². The maximum atomic E-state index is 12.2. The number of hydrogen-bond acceptors (Lipinski definition) is 5. The standard InChI is InChI=1S/C15H25NO4S/c1-11-7-16(8-12(2)20-11)13(17)9-21-10-15(4-5-15)6-14(18)19-3/h11-12H,4-10H2,1-3H3. The summed E-state index contributed by atoms with van der Waals surface area (Å²) >= 11 is 1.64. The number of morpholine rings is 1. The molecule has 21 heavy (non-hydrogen) atoms. The molecule has 1 aliphatic heterocycles. The van der Waals surface area contributed by atoms with Crippen LogP contribution in [0.25, 0.3) is 0 Å². The molecule has 2 rings (SSSR count). The first-order valence-corrected chi connectivity index (χ1v) is 8.67. The fourth-order valence-electron chi connectivity index (χ4n) is 2.75. The van der Waals surface area contributed by atoms with Crippen LogP contribution in [0.5, 0.6) is 0 Å². The second-order valence-electron chi connectivity index (χ2n) is 6.30. The second-order valence-corrected chi connectivity index (χ2v) is 7.29. The summed E-state index contributed by atoms with van der Waals surface area (Å²) in [6.07, 6.45) is 2.83. The first-order chi connectivity index (χ1) is 9.94. The van der Waals surface area contributed by atoms with E-state index in [0.29, 0.717) is 25.3 Å². The molecule has 2 unspecified atom stereocenters. The number of carbonyl (C=O) groups is 2. The Morgan fingerprint density at radius 1 is 1.29 bits per heavy atom. The Hall–Kier alpha value is -0.750. The summed E-state index contributed by atoms with van der Waals surface area (Å²) in [6, 6.07) is 0. The minimum absolute atomic E-state index is 0.0869. The quantitative estimate of drug-likeness (QED) is 0.698. The molecule has 2 fully saturated rings. The third-order valence-electron chi connectivity index (χ3n) is 4.11. The van der Waals surface area contributed by atoms with Crippen LogP contribution in [0.3, 0.4) is 0 Å². The zero-order chi connectivity index (χ0) is 15.5. The number of amides is 1. The zero-order valence-corrected chi connectivity index (χ0v) is 13.9. The predicted molar refractivity (Wildman–Crippen MR) is 82.2 cm³/mol. The van der Waals surface area contributed by atoms with Gasteiger partial charge in [-0.15, -0.1) is 0 Å². The highest BCUT2D eigenvalue weighted by Gasteiger charge is 2.44. The Balaban J connectivity index is 1.71. The maximum absolute atomic E-state index is 12.2. The molecule has 5 nitrogen and oxygen atoms in total. The molecule has 120 valence electrons.